The Bertz CT molecular complexity index is 392. The highest BCUT2D eigenvalue weighted by atomic mass is 35.5. The summed E-state index contributed by atoms with van der Waals surface area (Å²) in [5.41, 5.74) is 7.50. The van der Waals surface area contributed by atoms with Crippen LogP contribution >= 0.6 is 23.2 Å². The highest BCUT2D eigenvalue weighted by molar-refractivity contribution is 6.42. The van der Waals surface area contributed by atoms with Crippen LogP contribution in [0.25, 0.3) is 0 Å². The van der Waals surface area contributed by atoms with Crippen molar-refractivity contribution in [2.75, 3.05) is 0 Å². The van der Waals surface area contributed by atoms with E-state index in [1.54, 1.807) is 0 Å². The van der Waals surface area contributed by atoms with E-state index in [1.165, 1.54) is 24.8 Å². The average Bonchev–Trinajstić information content (AvgIpc) is 2.70. The quantitative estimate of drug-likeness (QED) is 0.872. The van der Waals surface area contributed by atoms with Gasteiger partial charge in [-0.3, -0.25) is 0 Å². The number of nitrogens with two attached hydrogens (primary N) is 1. The van der Waals surface area contributed by atoms with Crippen molar-refractivity contribution in [2.24, 2.45) is 17.6 Å². The molecule has 17 heavy (non-hydrogen) atoms. The number of benzene rings is 1. The van der Waals surface area contributed by atoms with Crippen LogP contribution in [0.2, 0.25) is 10.0 Å². The molecule has 1 aromatic rings. The van der Waals surface area contributed by atoms with E-state index in [-0.39, 0.29) is 6.04 Å². The minimum atomic E-state index is 0.241. The molecule has 0 radical (unpaired) electrons. The van der Waals surface area contributed by atoms with E-state index >= 15 is 0 Å². The molecule has 3 atom stereocenters. The zero-order valence-corrected chi connectivity index (χ0v) is 11.6. The Morgan fingerprint density at radius 1 is 1.29 bits per heavy atom. The minimum absolute atomic E-state index is 0.241. The van der Waals surface area contributed by atoms with Crippen molar-refractivity contribution in [3.63, 3.8) is 0 Å². The van der Waals surface area contributed by atoms with Gasteiger partial charge in [0.2, 0.25) is 0 Å². The van der Waals surface area contributed by atoms with Gasteiger partial charge in [-0.1, -0.05) is 49.0 Å². The van der Waals surface area contributed by atoms with Crippen molar-refractivity contribution in [1.82, 2.24) is 0 Å². The molecule has 3 unspecified atom stereocenters. The summed E-state index contributed by atoms with van der Waals surface area (Å²) in [6, 6.07) is 6.05. The largest absolute Gasteiger partial charge is 0.327 e. The molecule has 0 heterocycles. The minimum Gasteiger partial charge on any atom is -0.327 e. The average molecular weight is 272 g/mol. The molecule has 0 aromatic heterocycles. The molecule has 0 amide bonds. The second-order valence-corrected chi connectivity index (χ2v) is 6.00. The zero-order valence-electron chi connectivity index (χ0n) is 10.1. The predicted octanol–water partition coefficient (Wildman–Crippen LogP) is 4.30. The molecule has 0 aliphatic heterocycles. The third-order valence-electron chi connectivity index (χ3n) is 3.93. The first kappa shape index (κ1) is 13.2. The van der Waals surface area contributed by atoms with Crippen molar-refractivity contribution >= 4 is 23.2 Å². The summed E-state index contributed by atoms with van der Waals surface area (Å²) in [5, 5.41) is 1.23. The van der Waals surface area contributed by atoms with Crippen molar-refractivity contribution in [2.45, 2.75) is 38.6 Å². The van der Waals surface area contributed by atoms with Gasteiger partial charge in [0, 0.05) is 6.04 Å². The Balaban J connectivity index is 2.02. The van der Waals surface area contributed by atoms with Gasteiger partial charge in [0.15, 0.2) is 0 Å². The van der Waals surface area contributed by atoms with Crippen LogP contribution < -0.4 is 5.73 Å². The topological polar surface area (TPSA) is 26.0 Å². The normalized spacial score (nSPS) is 26.1. The molecule has 1 saturated carbocycles. The molecular formula is C14H19Cl2N. The van der Waals surface area contributed by atoms with Crippen molar-refractivity contribution in [3.05, 3.63) is 33.8 Å². The standard InChI is InChI=1S/C14H19Cl2N/c1-9-3-2-4-11(9)14(17)8-10-5-6-12(15)13(16)7-10/h5-7,9,11,14H,2-4,8,17H2,1H3. The van der Waals surface area contributed by atoms with Crippen LogP contribution in [0.15, 0.2) is 18.2 Å². The monoisotopic (exact) mass is 271 g/mol. The van der Waals surface area contributed by atoms with Gasteiger partial charge in [0.1, 0.15) is 0 Å². The highest BCUT2D eigenvalue weighted by Gasteiger charge is 2.28. The van der Waals surface area contributed by atoms with Gasteiger partial charge in [-0.05, 0) is 42.4 Å². The molecule has 2 N–H and O–H groups in total. The predicted molar refractivity (Wildman–Crippen MR) is 74.6 cm³/mol. The third kappa shape index (κ3) is 3.15. The van der Waals surface area contributed by atoms with Crippen molar-refractivity contribution in [1.29, 1.82) is 0 Å². The summed E-state index contributed by atoms with van der Waals surface area (Å²) in [4.78, 5) is 0. The first-order valence-electron chi connectivity index (χ1n) is 6.27. The third-order valence-corrected chi connectivity index (χ3v) is 4.67. The maximum atomic E-state index is 6.31. The maximum absolute atomic E-state index is 6.31. The summed E-state index contributed by atoms with van der Waals surface area (Å²) < 4.78 is 0. The maximum Gasteiger partial charge on any atom is 0.0595 e. The SMILES string of the molecule is CC1CCCC1C(N)Cc1ccc(Cl)c(Cl)c1. The summed E-state index contributed by atoms with van der Waals surface area (Å²) in [7, 11) is 0. The van der Waals surface area contributed by atoms with Gasteiger partial charge in [-0.15, -0.1) is 0 Å². The first-order chi connectivity index (χ1) is 8.08. The summed E-state index contributed by atoms with van der Waals surface area (Å²) in [6.07, 6.45) is 4.80. The molecule has 3 heteroatoms. The number of halogens is 2. The van der Waals surface area contributed by atoms with E-state index < -0.39 is 0 Å². The van der Waals surface area contributed by atoms with E-state index in [0.29, 0.717) is 16.0 Å². The summed E-state index contributed by atoms with van der Waals surface area (Å²) in [6.45, 7) is 2.31. The van der Waals surface area contributed by atoms with Gasteiger partial charge < -0.3 is 5.73 Å². The van der Waals surface area contributed by atoms with Crippen LogP contribution in [-0.4, -0.2) is 6.04 Å². The van der Waals surface area contributed by atoms with Crippen LogP contribution in [0, 0.1) is 11.8 Å². The van der Waals surface area contributed by atoms with E-state index in [4.69, 9.17) is 28.9 Å². The van der Waals surface area contributed by atoms with Crippen LogP contribution in [-0.2, 0) is 6.42 Å². The fraction of sp³-hybridized carbons (Fsp3) is 0.571. The van der Waals surface area contributed by atoms with E-state index in [0.717, 1.165) is 12.3 Å². The second-order valence-electron chi connectivity index (χ2n) is 5.19. The Hall–Kier alpha value is -0.240. The Labute approximate surface area is 113 Å². The van der Waals surface area contributed by atoms with Crippen LogP contribution in [0.3, 0.4) is 0 Å². The molecule has 0 spiro atoms. The number of hydrogen-bond acceptors (Lipinski definition) is 1. The van der Waals surface area contributed by atoms with Gasteiger partial charge in [-0.25, -0.2) is 0 Å². The number of hydrogen-bond donors (Lipinski definition) is 1. The Morgan fingerprint density at radius 3 is 2.65 bits per heavy atom. The Morgan fingerprint density at radius 2 is 2.06 bits per heavy atom. The number of rotatable bonds is 3. The van der Waals surface area contributed by atoms with Crippen LogP contribution in [0.4, 0.5) is 0 Å². The van der Waals surface area contributed by atoms with Gasteiger partial charge in [0.25, 0.3) is 0 Å². The van der Waals surface area contributed by atoms with Crippen molar-refractivity contribution < 1.29 is 0 Å². The zero-order chi connectivity index (χ0) is 12.4. The molecule has 1 aromatic carbocycles. The van der Waals surface area contributed by atoms with Gasteiger partial charge in [0.05, 0.1) is 10.0 Å². The summed E-state index contributed by atoms with van der Waals surface area (Å²) >= 11 is 11.9. The Kier molecular flexibility index (Phi) is 4.35. The molecule has 0 bridgehead atoms. The lowest BCUT2D eigenvalue weighted by molar-refractivity contribution is 0.343. The lowest BCUT2D eigenvalue weighted by Crippen LogP contribution is -2.33. The molecule has 0 saturated heterocycles. The van der Waals surface area contributed by atoms with Gasteiger partial charge >= 0.3 is 0 Å². The van der Waals surface area contributed by atoms with Crippen LogP contribution in [0.5, 0.6) is 0 Å². The molecule has 1 fully saturated rings. The summed E-state index contributed by atoms with van der Waals surface area (Å²) in [5.74, 6) is 1.41. The fourth-order valence-corrected chi connectivity index (χ4v) is 3.22. The first-order valence-corrected chi connectivity index (χ1v) is 7.03. The highest BCUT2D eigenvalue weighted by Crippen LogP contribution is 2.34. The van der Waals surface area contributed by atoms with Crippen molar-refractivity contribution in [3.8, 4) is 0 Å². The van der Waals surface area contributed by atoms with E-state index in [9.17, 15) is 0 Å². The lowest BCUT2D eigenvalue weighted by atomic mass is 9.87. The van der Waals surface area contributed by atoms with E-state index in [1.807, 2.05) is 18.2 Å². The second kappa shape index (κ2) is 5.60. The molecule has 1 aliphatic rings. The smallest absolute Gasteiger partial charge is 0.0595 e. The molecular weight excluding hydrogens is 253 g/mol. The molecule has 94 valence electrons. The fourth-order valence-electron chi connectivity index (χ4n) is 2.90. The molecule has 2 rings (SSSR count). The molecule has 1 aliphatic carbocycles. The van der Waals surface area contributed by atoms with Gasteiger partial charge in [-0.2, -0.15) is 0 Å². The lowest BCUT2D eigenvalue weighted by Gasteiger charge is -2.23. The molecule has 1 nitrogen and oxygen atoms in total. The van der Waals surface area contributed by atoms with Crippen LogP contribution in [0.1, 0.15) is 31.7 Å². The van der Waals surface area contributed by atoms with E-state index in [2.05, 4.69) is 6.92 Å².